The van der Waals surface area contributed by atoms with Gasteiger partial charge in [-0.3, -0.25) is 0 Å². The number of phenolic OH excluding ortho intramolecular Hbond substituents is 1. The largest absolute Gasteiger partial charge is 0.507 e. The lowest BCUT2D eigenvalue weighted by Gasteiger charge is -2.19. The number of rotatable bonds is 2. The number of carbonyl (C=O) groups is 1. The van der Waals surface area contributed by atoms with Crippen LogP contribution in [0.4, 0.5) is 0 Å². The van der Waals surface area contributed by atoms with Crippen LogP contribution in [0.3, 0.4) is 0 Å². The van der Waals surface area contributed by atoms with E-state index in [1.165, 1.54) is 12.1 Å². The minimum absolute atomic E-state index is 0.0911. The normalized spacial score (nSPS) is 10.9. The van der Waals surface area contributed by atoms with Gasteiger partial charge in [-0.15, -0.1) is 0 Å². The van der Waals surface area contributed by atoms with E-state index < -0.39 is 11.6 Å². The first-order valence-corrected chi connectivity index (χ1v) is 5.02. The summed E-state index contributed by atoms with van der Waals surface area (Å²) in [5, 5.41) is 9.64. The SMILES string of the molecule is C=Cc1ccc(C(=O)OC(C)(C)C)c(O)c1. The molecule has 0 unspecified atom stereocenters. The minimum Gasteiger partial charge on any atom is -0.507 e. The van der Waals surface area contributed by atoms with Crippen LogP contribution in [-0.2, 0) is 4.74 Å². The lowest BCUT2D eigenvalue weighted by atomic mass is 10.1. The highest BCUT2D eigenvalue weighted by Crippen LogP contribution is 2.22. The predicted octanol–water partition coefficient (Wildman–Crippen LogP) is 2.99. The Balaban J connectivity index is 2.97. The molecule has 1 rings (SSSR count). The van der Waals surface area contributed by atoms with Gasteiger partial charge in [0.05, 0.1) is 0 Å². The van der Waals surface area contributed by atoms with Crippen molar-refractivity contribution in [1.29, 1.82) is 0 Å². The molecule has 16 heavy (non-hydrogen) atoms. The van der Waals surface area contributed by atoms with E-state index in [4.69, 9.17) is 4.74 Å². The van der Waals surface area contributed by atoms with Crippen molar-refractivity contribution in [3.63, 3.8) is 0 Å². The minimum atomic E-state index is -0.569. The van der Waals surface area contributed by atoms with Gasteiger partial charge in [-0.05, 0) is 38.5 Å². The Hall–Kier alpha value is -1.77. The summed E-state index contributed by atoms with van der Waals surface area (Å²) in [6.45, 7) is 8.91. The molecule has 0 fully saturated rings. The van der Waals surface area contributed by atoms with Crippen LogP contribution in [0.25, 0.3) is 6.08 Å². The van der Waals surface area contributed by atoms with Gasteiger partial charge in [-0.2, -0.15) is 0 Å². The molecule has 1 aromatic rings. The molecule has 0 spiro atoms. The Morgan fingerprint density at radius 1 is 1.44 bits per heavy atom. The standard InChI is InChI=1S/C13H16O3/c1-5-9-6-7-10(11(14)8-9)12(15)16-13(2,3)4/h5-8,14H,1H2,2-4H3. The first-order chi connectivity index (χ1) is 7.33. The molecule has 1 aromatic carbocycles. The van der Waals surface area contributed by atoms with Crippen molar-refractivity contribution < 1.29 is 14.6 Å². The topological polar surface area (TPSA) is 46.5 Å². The number of hydrogen-bond donors (Lipinski definition) is 1. The molecule has 0 saturated heterocycles. The quantitative estimate of drug-likeness (QED) is 0.779. The van der Waals surface area contributed by atoms with Gasteiger partial charge >= 0.3 is 5.97 Å². The first-order valence-electron chi connectivity index (χ1n) is 5.02. The van der Waals surface area contributed by atoms with Crippen LogP contribution in [0.15, 0.2) is 24.8 Å². The van der Waals surface area contributed by atoms with E-state index >= 15 is 0 Å². The number of benzene rings is 1. The molecule has 1 N–H and O–H groups in total. The van der Waals surface area contributed by atoms with Crippen molar-refractivity contribution in [2.24, 2.45) is 0 Å². The second kappa shape index (κ2) is 4.39. The Labute approximate surface area is 95.4 Å². The fourth-order valence-corrected chi connectivity index (χ4v) is 1.18. The van der Waals surface area contributed by atoms with Crippen LogP contribution in [0, 0.1) is 0 Å². The van der Waals surface area contributed by atoms with Crippen LogP contribution in [0.2, 0.25) is 0 Å². The monoisotopic (exact) mass is 220 g/mol. The number of carbonyl (C=O) groups excluding carboxylic acids is 1. The molecule has 86 valence electrons. The van der Waals surface area contributed by atoms with E-state index in [1.54, 1.807) is 32.9 Å². The van der Waals surface area contributed by atoms with E-state index in [0.717, 1.165) is 5.56 Å². The van der Waals surface area contributed by atoms with Gasteiger partial charge in [-0.25, -0.2) is 4.79 Å². The Kier molecular flexibility index (Phi) is 3.38. The van der Waals surface area contributed by atoms with Gasteiger partial charge in [0.15, 0.2) is 0 Å². The average Bonchev–Trinajstić information content (AvgIpc) is 2.14. The van der Waals surface area contributed by atoms with Crippen LogP contribution in [-0.4, -0.2) is 16.7 Å². The van der Waals surface area contributed by atoms with Gasteiger partial charge in [-0.1, -0.05) is 18.7 Å². The predicted molar refractivity (Wildman–Crippen MR) is 63.4 cm³/mol. The fourth-order valence-electron chi connectivity index (χ4n) is 1.18. The first kappa shape index (κ1) is 12.3. The Morgan fingerprint density at radius 3 is 2.50 bits per heavy atom. The summed E-state index contributed by atoms with van der Waals surface area (Å²) in [5.74, 6) is -0.618. The zero-order valence-electron chi connectivity index (χ0n) is 9.78. The van der Waals surface area contributed by atoms with Gasteiger partial charge in [0.25, 0.3) is 0 Å². The summed E-state index contributed by atoms with van der Waals surface area (Å²) in [6, 6.07) is 4.71. The number of phenols is 1. The molecule has 0 radical (unpaired) electrons. The van der Waals surface area contributed by atoms with Gasteiger partial charge in [0, 0.05) is 0 Å². The van der Waals surface area contributed by atoms with Crippen LogP contribution in [0.1, 0.15) is 36.7 Å². The van der Waals surface area contributed by atoms with Gasteiger partial charge < -0.3 is 9.84 Å². The maximum absolute atomic E-state index is 11.7. The molecule has 0 aromatic heterocycles. The number of esters is 1. The summed E-state index contributed by atoms with van der Waals surface area (Å²) in [4.78, 5) is 11.7. The van der Waals surface area contributed by atoms with Crippen LogP contribution in [0.5, 0.6) is 5.75 Å². The van der Waals surface area contributed by atoms with E-state index in [9.17, 15) is 9.90 Å². The molecule has 0 bridgehead atoms. The Bertz CT molecular complexity index is 414. The molecule has 0 aliphatic rings. The van der Waals surface area contributed by atoms with Gasteiger partial charge in [0.2, 0.25) is 0 Å². The smallest absolute Gasteiger partial charge is 0.342 e. The van der Waals surface area contributed by atoms with E-state index in [2.05, 4.69) is 6.58 Å². The summed E-state index contributed by atoms with van der Waals surface area (Å²) >= 11 is 0. The number of ether oxygens (including phenoxy) is 1. The highest BCUT2D eigenvalue weighted by atomic mass is 16.6. The third-order valence-corrected chi connectivity index (χ3v) is 1.88. The summed E-state index contributed by atoms with van der Waals surface area (Å²) in [7, 11) is 0. The zero-order chi connectivity index (χ0) is 12.3. The van der Waals surface area contributed by atoms with Crippen molar-refractivity contribution in [2.45, 2.75) is 26.4 Å². The number of hydrogen-bond acceptors (Lipinski definition) is 3. The maximum Gasteiger partial charge on any atom is 0.342 e. The molecular weight excluding hydrogens is 204 g/mol. The molecule has 3 heteroatoms. The molecule has 0 saturated carbocycles. The lowest BCUT2D eigenvalue weighted by Crippen LogP contribution is -2.23. The Morgan fingerprint density at radius 2 is 2.06 bits per heavy atom. The third kappa shape index (κ3) is 3.12. The molecular formula is C13H16O3. The van der Waals surface area contributed by atoms with Crippen molar-refractivity contribution >= 4 is 12.0 Å². The lowest BCUT2D eigenvalue weighted by molar-refractivity contribution is 0.00668. The molecule has 0 aliphatic heterocycles. The molecule has 0 atom stereocenters. The van der Waals surface area contributed by atoms with Crippen molar-refractivity contribution in [3.8, 4) is 5.75 Å². The van der Waals surface area contributed by atoms with Crippen LogP contribution < -0.4 is 0 Å². The van der Waals surface area contributed by atoms with Crippen molar-refractivity contribution in [3.05, 3.63) is 35.9 Å². The summed E-state index contributed by atoms with van der Waals surface area (Å²) in [5.41, 5.74) is 0.353. The highest BCUT2D eigenvalue weighted by Gasteiger charge is 2.20. The second-order valence-electron chi connectivity index (χ2n) is 4.48. The second-order valence-corrected chi connectivity index (χ2v) is 4.48. The maximum atomic E-state index is 11.7. The molecule has 0 amide bonds. The summed E-state index contributed by atoms with van der Waals surface area (Å²) in [6.07, 6.45) is 1.60. The van der Waals surface area contributed by atoms with Crippen LogP contribution >= 0.6 is 0 Å². The van der Waals surface area contributed by atoms with E-state index in [-0.39, 0.29) is 11.3 Å². The molecule has 0 aliphatic carbocycles. The average molecular weight is 220 g/mol. The fraction of sp³-hybridized carbons (Fsp3) is 0.308. The zero-order valence-corrected chi connectivity index (χ0v) is 9.78. The molecule has 0 heterocycles. The molecule has 3 nitrogen and oxygen atoms in total. The third-order valence-electron chi connectivity index (χ3n) is 1.88. The van der Waals surface area contributed by atoms with Gasteiger partial charge in [0.1, 0.15) is 16.9 Å². The number of aromatic hydroxyl groups is 1. The summed E-state index contributed by atoms with van der Waals surface area (Å²) < 4.78 is 5.15. The van der Waals surface area contributed by atoms with Crippen molar-refractivity contribution in [2.75, 3.05) is 0 Å². The van der Waals surface area contributed by atoms with Crippen molar-refractivity contribution in [1.82, 2.24) is 0 Å². The van der Waals surface area contributed by atoms with E-state index in [0.29, 0.717) is 0 Å². The highest BCUT2D eigenvalue weighted by molar-refractivity contribution is 5.93. The van der Waals surface area contributed by atoms with E-state index in [1.807, 2.05) is 0 Å².